The van der Waals surface area contributed by atoms with E-state index in [9.17, 15) is 0 Å². The summed E-state index contributed by atoms with van der Waals surface area (Å²) in [6.45, 7) is 11.0. The van der Waals surface area contributed by atoms with E-state index in [1.165, 1.54) is 0 Å². The molecule has 1 atom stereocenters. The molecule has 68 valence electrons. The topological polar surface area (TPSA) is 24.1 Å². The van der Waals surface area contributed by atoms with Crippen LogP contribution in [0.4, 0.5) is 0 Å². The Labute approximate surface area is 70.8 Å². The van der Waals surface area contributed by atoms with Crippen molar-refractivity contribution in [3.8, 4) is 0 Å². The predicted octanol–water partition coefficient (Wildman–Crippen LogP) is 1.23. The zero-order valence-corrected chi connectivity index (χ0v) is 8.49. The molecule has 0 saturated carbocycles. The standard InChI is InChI=1S/C9H22N2/c1-6-11-7-8(10-5)9(2,3)4/h8,10-11H,6-7H2,1-5H3. The van der Waals surface area contributed by atoms with E-state index in [4.69, 9.17) is 0 Å². The molecule has 0 aliphatic rings. The van der Waals surface area contributed by atoms with Gasteiger partial charge >= 0.3 is 0 Å². The molecule has 0 radical (unpaired) electrons. The summed E-state index contributed by atoms with van der Waals surface area (Å²) in [5.74, 6) is 0. The first kappa shape index (κ1) is 10.9. The fourth-order valence-corrected chi connectivity index (χ4v) is 1.13. The minimum Gasteiger partial charge on any atom is -0.315 e. The lowest BCUT2D eigenvalue weighted by molar-refractivity contribution is 0.274. The average Bonchev–Trinajstić information content (AvgIpc) is 1.87. The van der Waals surface area contributed by atoms with E-state index in [1.807, 2.05) is 7.05 Å². The third-order valence-electron chi connectivity index (χ3n) is 1.99. The summed E-state index contributed by atoms with van der Waals surface area (Å²) < 4.78 is 0. The molecule has 0 aliphatic carbocycles. The Morgan fingerprint density at radius 1 is 1.27 bits per heavy atom. The van der Waals surface area contributed by atoms with Gasteiger partial charge in [-0.15, -0.1) is 0 Å². The largest absolute Gasteiger partial charge is 0.315 e. The second-order valence-electron chi connectivity index (χ2n) is 4.01. The molecule has 1 unspecified atom stereocenters. The molecule has 0 aromatic heterocycles. The number of hydrogen-bond acceptors (Lipinski definition) is 2. The molecule has 0 aliphatic heterocycles. The van der Waals surface area contributed by atoms with Gasteiger partial charge in [0.2, 0.25) is 0 Å². The van der Waals surface area contributed by atoms with Crippen LogP contribution >= 0.6 is 0 Å². The molecule has 0 amide bonds. The molecule has 0 aromatic rings. The Bertz CT molecular complexity index is 94.2. The Morgan fingerprint density at radius 2 is 1.82 bits per heavy atom. The maximum absolute atomic E-state index is 3.34. The van der Waals surface area contributed by atoms with E-state index in [0.717, 1.165) is 13.1 Å². The number of hydrogen-bond donors (Lipinski definition) is 2. The highest BCUT2D eigenvalue weighted by Crippen LogP contribution is 2.17. The van der Waals surface area contributed by atoms with Crippen molar-refractivity contribution in [2.24, 2.45) is 5.41 Å². The van der Waals surface area contributed by atoms with Gasteiger partial charge < -0.3 is 10.6 Å². The maximum Gasteiger partial charge on any atom is 0.0237 e. The summed E-state index contributed by atoms with van der Waals surface area (Å²) in [6, 6.07) is 0.558. The molecule has 0 saturated heterocycles. The van der Waals surface area contributed by atoms with Gasteiger partial charge in [-0.2, -0.15) is 0 Å². The first-order valence-corrected chi connectivity index (χ1v) is 4.40. The predicted molar refractivity (Wildman–Crippen MR) is 50.8 cm³/mol. The van der Waals surface area contributed by atoms with Crippen LogP contribution in [0.25, 0.3) is 0 Å². The van der Waals surface area contributed by atoms with E-state index in [2.05, 4.69) is 38.3 Å². The highest BCUT2D eigenvalue weighted by Gasteiger charge is 2.21. The van der Waals surface area contributed by atoms with Crippen LogP contribution in [0, 0.1) is 5.41 Å². The van der Waals surface area contributed by atoms with Crippen molar-refractivity contribution in [1.82, 2.24) is 10.6 Å². The van der Waals surface area contributed by atoms with Crippen LogP contribution in [-0.2, 0) is 0 Å². The van der Waals surface area contributed by atoms with Gasteiger partial charge in [0.1, 0.15) is 0 Å². The van der Waals surface area contributed by atoms with E-state index in [0.29, 0.717) is 11.5 Å². The van der Waals surface area contributed by atoms with E-state index in [-0.39, 0.29) is 0 Å². The van der Waals surface area contributed by atoms with Crippen LogP contribution in [0.2, 0.25) is 0 Å². The van der Waals surface area contributed by atoms with E-state index in [1.54, 1.807) is 0 Å². The van der Waals surface area contributed by atoms with E-state index >= 15 is 0 Å². The van der Waals surface area contributed by atoms with Crippen molar-refractivity contribution in [2.75, 3.05) is 20.1 Å². The van der Waals surface area contributed by atoms with Gasteiger partial charge in [-0.3, -0.25) is 0 Å². The van der Waals surface area contributed by atoms with Crippen LogP contribution in [0.15, 0.2) is 0 Å². The van der Waals surface area contributed by atoms with Crippen LogP contribution in [-0.4, -0.2) is 26.2 Å². The van der Waals surface area contributed by atoms with E-state index < -0.39 is 0 Å². The van der Waals surface area contributed by atoms with Crippen LogP contribution < -0.4 is 10.6 Å². The first-order chi connectivity index (χ1) is 5.02. The summed E-state index contributed by atoms with van der Waals surface area (Å²) in [6.07, 6.45) is 0. The zero-order valence-electron chi connectivity index (χ0n) is 8.49. The van der Waals surface area contributed by atoms with Gasteiger partial charge in [0.25, 0.3) is 0 Å². The fraction of sp³-hybridized carbons (Fsp3) is 1.00. The molecular weight excluding hydrogens is 136 g/mol. The second kappa shape index (κ2) is 4.73. The average molecular weight is 158 g/mol. The number of nitrogens with one attached hydrogen (secondary N) is 2. The lowest BCUT2D eigenvalue weighted by Gasteiger charge is -2.30. The summed E-state index contributed by atoms with van der Waals surface area (Å²) in [7, 11) is 2.02. The molecule has 0 bridgehead atoms. The van der Waals surface area contributed by atoms with Crippen molar-refractivity contribution < 1.29 is 0 Å². The van der Waals surface area contributed by atoms with Crippen molar-refractivity contribution in [3.63, 3.8) is 0 Å². The molecule has 2 heteroatoms. The first-order valence-electron chi connectivity index (χ1n) is 4.40. The normalized spacial score (nSPS) is 15.0. The lowest BCUT2D eigenvalue weighted by Crippen LogP contribution is -2.45. The van der Waals surface area contributed by atoms with Gasteiger partial charge in [-0.25, -0.2) is 0 Å². The quantitative estimate of drug-likeness (QED) is 0.643. The summed E-state index contributed by atoms with van der Waals surface area (Å²) in [4.78, 5) is 0. The smallest absolute Gasteiger partial charge is 0.0237 e. The zero-order chi connectivity index (χ0) is 8.91. The van der Waals surface area contributed by atoms with Gasteiger partial charge in [-0.1, -0.05) is 27.7 Å². The molecule has 0 spiro atoms. The van der Waals surface area contributed by atoms with Gasteiger partial charge in [-0.05, 0) is 19.0 Å². The van der Waals surface area contributed by atoms with Crippen molar-refractivity contribution >= 4 is 0 Å². The molecule has 2 N–H and O–H groups in total. The Kier molecular flexibility index (Phi) is 4.69. The SMILES string of the molecule is CCNCC(NC)C(C)(C)C. The van der Waals surface area contributed by atoms with Crippen molar-refractivity contribution in [1.29, 1.82) is 0 Å². The second-order valence-corrected chi connectivity index (χ2v) is 4.01. The molecule has 0 fully saturated rings. The third-order valence-corrected chi connectivity index (χ3v) is 1.99. The molecule has 11 heavy (non-hydrogen) atoms. The minimum absolute atomic E-state index is 0.344. The lowest BCUT2D eigenvalue weighted by atomic mass is 9.87. The minimum atomic E-state index is 0.344. The Balaban J connectivity index is 3.76. The Morgan fingerprint density at radius 3 is 2.09 bits per heavy atom. The van der Waals surface area contributed by atoms with Gasteiger partial charge in [0.15, 0.2) is 0 Å². The van der Waals surface area contributed by atoms with Crippen LogP contribution in [0.3, 0.4) is 0 Å². The summed E-state index contributed by atoms with van der Waals surface area (Å²) >= 11 is 0. The highest BCUT2D eigenvalue weighted by atomic mass is 15.0. The van der Waals surface area contributed by atoms with Crippen LogP contribution in [0.5, 0.6) is 0 Å². The van der Waals surface area contributed by atoms with Crippen LogP contribution in [0.1, 0.15) is 27.7 Å². The van der Waals surface area contributed by atoms with Crippen molar-refractivity contribution in [2.45, 2.75) is 33.7 Å². The number of likely N-dealkylation sites (N-methyl/N-ethyl adjacent to an activating group) is 2. The maximum atomic E-state index is 3.34. The molecule has 0 rings (SSSR count). The Hall–Kier alpha value is -0.0800. The van der Waals surface area contributed by atoms with Gasteiger partial charge in [0, 0.05) is 12.6 Å². The molecular formula is C9H22N2. The third kappa shape index (κ3) is 4.38. The highest BCUT2D eigenvalue weighted by molar-refractivity contribution is 4.80. The monoisotopic (exact) mass is 158 g/mol. The number of rotatable bonds is 4. The molecule has 2 nitrogen and oxygen atoms in total. The van der Waals surface area contributed by atoms with Crippen molar-refractivity contribution in [3.05, 3.63) is 0 Å². The van der Waals surface area contributed by atoms with Gasteiger partial charge in [0.05, 0.1) is 0 Å². The fourth-order valence-electron chi connectivity index (χ4n) is 1.13. The molecule has 0 heterocycles. The summed E-state index contributed by atoms with van der Waals surface area (Å²) in [5.41, 5.74) is 0.344. The summed E-state index contributed by atoms with van der Waals surface area (Å²) in [5, 5.41) is 6.66. The molecule has 0 aromatic carbocycles.